The lowest BCUT2D eigenvalue weighted by Crippen LogP contribution is -2.35. The molecule has 1 aromatic carbocycles. The fourth-order valence-corrected chi connectivity index (χ4v) is 2.17. The maximum atomic E-state index is 12.1. The number of likely N-dealkylation sites (N-methyl/N-ethyl adjacent to an activating group) is 1. The minimum Gasteiger partial charge on any atom is -0.332 e. The maximum Gasteiger partial charge on any atom is 0.298 e. The van der Waals surface area contributed by atoms with Crippen molar-refractivity contribution in [1.82, 2.24) is 9.88 Å². The third-order valence-corrected chi connectivity index (χ3v) is 3.61. The van der Waals surface area contributed by atoms with Gasteiger partial charge in [0, 0.05) is 42.0 Å². The largest absolute Gasteiger partial charge is 0.332 e. The van der Waals surface area contributed by atoms with Gasteiger partial charge in [-0.15, -0.1) is 0 Å². The highest BCUT2D eigenvalue weighted by Gasteiger charge is 2.14. The number of amides is 1. The summed E-state index contributed by atoms with van der Waals surface area (Å²) in [4.78, 5) is 17.9. The highest BCUT2D eigenvalue weighted by molar-refractivity contribution is 6.30. The Hall–Kier alpha value is -2.31. The van der Waals surface area contributed by atoms with E-state index in [0.717, 1.165) is 17.5 Å². The third-order valence-electron chi connectivity index (χ3n) is 3.37. The molecule has 0 saturated heterocycles. The second-order valence-corrected chi connectivity index (χ2v) is 5.53. The van der Waals surface area contributed by atoms with Gasteiger partial charge in [0.05, 0.1) is 0 Å². The molecule has 2 rings (SSSR count). The van der Waals surface area contributed by atoms with Crippen LogP contribution < -0.4 is 0 Å². The molecule has 1 heterocycles. The van der Waals surface area contributed by atoms with Gasteiger partial charge in [0.15, 0.2) is 0 Å². The van der Waals surface area contributed by atoms with Crippen molar-refractivity contribution in [2.75, 3.05) is 7.05 Å². The average molecular weight is 313 g/mol. The average Bonchev–Trinajstić information content (AvgIpc) is 2.53. The van der Waals surface area contributed by atoms with E-state index in [1.807, 2.05) is 37.4 Å². The van der Waals surface area contributed by atoms with Crippen LogP contribution in [0.4, 0.5) is 0 Å². The molecular weight excluding hydrogens is 296 g/mol. The van der Waals surface area contributed by atoms with Crippen LogP contribution in [0.15, 0.2) is 48.8 Å². The molecule has 112 valence electrons. The van der Waals surface area contributed by atoms with E-state index in [0.29, 0.717) is 5.02 Å². The molecule has 0 aliphatic carbocycles. The minimum atomic E-state index is -0.212. The first kappa shape index (κ1) is 16.1. The first-order valence-electron chi connectivity index (χ1n) is 6.99. The minimum absolute atomic E-state index is 0.0466. The molecule has 0 aliphatic heterocycles. The van der Waals surface area contributed by atoms with Crippen molar-refractivity contribution >= 4 is 17.5 Å². The van der Waals surface area contributed by atoms with Crippen molar-refractivity contribution in [1.29, 1.82) is 0 Å². The number of aromatic nitrogens is 1. The molecule has 0 fully saturated rings. The lowest BCUT2D eigenvalue weighted by atomic mass is 10.1. The molecule has 0 N–H and O–H groups in total. The number of benzene rings is 1. The van der Waals surface area contributed by atoms with Gasteiger partial charge in [-0.3, -0.25) is 9.78 Å². The van der Waals surface area contributed by atoms with E-state index in [2.05, 4.69) is 16.8 Å². The van der Waals surface area contributed by atoms with Crippen LogP contribution in [-0.4, -0.2) is 28.9 Å². The Morgan fingerprint density at radius 3 is 2.86 bits per heavy atom. The Balaban J connectivity index is 2.00. The van der Waals surface area contributed by atoms with E-state index in [9.17, 15) is 4.79 Å². The summed E-state index contributed by atoms with van der Waals surface area (Å²) in [5.74, 6) is 5.29. The summed E-state index contributed by atoms with van der Waals surface area (Å²) < 4.78 is 0. The predicted octanol–water partition coefficient (Wildman–Crippen LogP) is 3.18. The van der Waals surface area contributed by atoms with E-state index in [-0.39, 0.29) is 11.9 Å². The molecule has 3 nitrogen and oxygen atoms in total. The van der Waals surface area contributed by atoms with Crippen molar-refractivity contribution < 1.29 is 4.79 Å². The van der Waals surface area contributed by atoms with Crippen molar-refractivity contribution in [3.05, 3.63) is 64.9 Å². The van der Waals surface area contributed by atoms with Gasteiger partial charge >= 0.3 is 0 Å². The first-order chi connectivity index (χ1) is 10.6. The van der Waals surface area contributed by atoms with E-state index in [4.69, 9.17) is 11.6 Å². The molecule has 1 atom stereocenters. The standard InChI is InChI=1S/C18H17ClN2O/c1-14(11-16-6-4-10-20-13-16)21(2)18(22)9-8-15-5-3-7-17(19)12-15/h3-7,10,12-14H,11H2,1-2H3. The van der Waals surface area contributed by atoms with Crippen LogP contribution in [0.1, 0.15) is 18.1 Å². The van der Waals surface area contributed by atoms with Crippen LogP contribution in [-0.2, 0) is 11.2 Å². The number of rotatable bonds is 3. The molecule has 1 aromatic heterocycles. The summed E-state index contributed by atoms with van der Waals surface area (Å²) in [6.07, 6.45) is 4.29. The Morgan fingerprint density at radius 1 is 1.36 bits per heavy atom. The zero-order valence-corrected chi connectivity index (χ0v) is 13.3. The smallest absolute Gasteiger partial charge is 0.298 e. The summed E-state index contributed by atoms with van der Waals surface area (Å²) in [5.41, 5.74) is 1.83. The van der Waals surface area contributed by atoms with Crippen LogP contribution in [0.5, 0.6) is 0 Å². The lowest BCUT2D eigenvalue weighted by Gasteiger charge is -2.22. The zero-order valence-electron chi connectivity index (χ0n) is 12.6. The van der Waals surface area contributed by atoms with E-state index >= 15 is 0 Å². The van der Waals surface area contributed by atoms with E-state index in [1.54, 1.807) is 30.3 Å². The zero-order chi connectivity index (χ0) is 15.9. The summed E-state index contributed by atoms with van der Waals surface area (Å²) in [6, 6.07) is 11.1. The molecule has 0 bridgehead atoms. The molecule has 0 aliphatic rings. The van der Waals surface area contributed by atoms with Crippen LogP contribution in [0.25, 0.3) is 0 Å². The number of nitrogens with zero attached hydrogens (tertiary/aromatic N) is 2. The summed E-state index contributed by atoms with van der Waals surface area (Å²) in [6.45, 7) is 1.99. The SMILES string of the molecule is CC(Cc1cccnc1)N(C)C(=O)C#Cc1cccc(Cl)c1. The molecule has 22 heavy (non-hydrogen) atoms. The van der Waals surface area contributed by atoms with Gasteiger partial charge in [0.2, 0.25) is 0 Å². The monoisotopic (exact) mass is 312 g/mol. The number of hydrogen-bond acceptors (Lipinski definition) is 2. The van der Waals surface area contributed by atoms with Gasteiger partial charge in [0.25, 0.3) is 5.91 Å². The van der Waals surface area contributed by atoms with Crippen molar-refractivity contribution in [2.24, 2.45) is 0 Å². The third kappa shape index (κ3) is 4.61. The Kier molecular flexibility index (Phi) is 5.57. The fraction of sp³-hybridized carbons (Fsp3) is 0.222. The number of carbonyl (C=O) groups excluding carboxylic acids is 1. The molecule has 0 radical (unpaired) electrons. The highest BCUT2D eigenvalue weighted by Crippen LogP contribution is 2.10. The van der Waals surface area contributed by atoms with Crippen LogP contribution in [0.2, 0.25) is 5.02 Å². The normalized spacial score (nSPS) is 11.2. The van der Waals surface area contributed by atoms with E-state index in [1.165, 1.54) is 0 Å². The van der Waals surface area contributed by atoms with Crippen LogP contribution in [0, 0.1) is 11.8 Å². The quantitative estimate of drug-likeness (QED) is 0.816. The molecule has 4 heteroatoms. The second kappa shape index (κ2) is 7.63. The Morgan fingerprint density at radius 2 is 2.18 bits per heavy atom. The summed E-state index contributed by atoms with van der Waals surface area (Å²) >= 11 is 5.89. The van der Waals surface area contributed by atoms with Crippen LogP contribution in [0.3, 0.4) is 0 Å². The number of pyridine rings is 1. The molecule has 1 unspecified atom stereocenters. The van der Waals surface area contributed by atoms with Gasteiger partial charge in [-0.25, -0.2) is 0 Å². The van der Waals surface area contributed by atoms with Gasteiger partial charge in [-0.05, 0) is 43.2 Å². The number of carbonyl (C=O) groups is 1. The highest BCUT2D eigenvalue weighted by atomic mass is 35.5. The molecule has 1 amide bonds. The predicted molar refractivity (Wildman–Crippen MR) is 88.5 cm³/mol. The van der Waals surface area contributed by atoms with Gasteiger partial charge in [0.1, 0.15) is 0 Å². The Labute approximate surface area is 135 Å². The van der Waals surface area contributed by atoms with Gasteiger partial charge in [-0.1, -0.05) is 29.7 Å². The van der Waals surface area contributed by atoms with Crippen molar-refractivity contribution in [2.45, 2.75) is 19.4 Å². The van der Waals surface area contributed by atoms with Crippen molar-refractivity contribution in [3.63, 3.8) is 0 Å². The van der Waals surface area contributed by atoms with E-state index < -0.39 is 0 Å². The fourth-order valence-electron chi connectivity index (χ4n) is 1.98. The summed E-state index contributed by atoms with van der Waals surface area (Å²) in [5, 5.41) is 0.609. The number of hydrogen-bond donors (Lipinski definition) is 0. The van der Waals surface area contributed by atoms with Crippen molar-refractivity contribution in [3.8, 4) is 11.8 Å². The van der Waals surface area contributed by atoms with Gasteiger partial charge < -0.3 is 4.90 Å². The number of halogens is 1. The lowest BCUT2D eigenvalue weighted by molar-refractivity contribution is -0.125. The first-order valence-corrected chi connectivity index (χ1v) is 7.37. The van der Waals surface area contributed by atoms with Gasteiger partial charge in [-0.2, -0.15) is 0 Å². The maximum absolute atomic E-state index is 12.1. The molecule has 2 aromatic rings. The molecular formula is C18H17ClN2O. The summed E-state index contributed by atoms with van der Waals surface area (Å²) in [7, 11) is 1.76. The van der Waals surface area contributed by atoms with Crippen LogP contribution >= 0.6 is 11.6 Å². The second-order valence-electron chi connectivity index (χ2n) is 5.09. The topological polar surface area (TPSA) is 33.2 Å². The Bertz CT molecular complexity index is 704. The molecule has 0 saturated carbocycles. The molecule has 0 spiro atoms.